The number of anilines is 1. The van der Waals surface area contributed by atoms with Gasteiger partial charge >= 0.3 is 0 Å². The lowest BCUT2D eigenvalue weighted by molar-refractivity contribution is 0.475. The highest BCUT2D eigenvalue weighted by Gasteiger charge is 2.59. The normalized spacial score (nSPS) is 25.1. The second kappa shape index (κ2) is 6.76. The van der Waals surface area contributed by atoms with Gasteiger partial charge in [-0.15, -0.1) is 11.8 Å². The molecule has 0 unspecified atom stereocenters. The summed E-state index contributed by atoms with van der Waals surface area (Å²) in [7, 11) is 0. The molecule has 2 aromatic rings. The van der Waals surface area contributed by atoms with Gasteiger partial charge in [0.25, 0.3) is 0 Å². The molecule has 0 amide bonds. The van der Waals surface area contributed by atoms with Gasteiger partial charge in [-0.1, -0.05) is 58.4 Å². The number of benzene rings is 2. The second-order valence-corrected chi connectivity index (χ2v) is 10.3. The van der Waals surface area contributed by atoms with Gasteiger partial charge in [0.1, 0.15) is 0 Å². The first kappa shape index (κ1) is 16.9. The van der Waals surface area contributed by atoms with Crippen molar-refractivity contribution in [2.24, 2.45) is 11.8 Å². The summed E-state index contributed by atoms with van der Waals surface area (Å²) in [6, 6.07) is 19.6. The standard InChI is InChI=1S/C23H24BrNS/c24-20-11-13-21(14-12-20)25-16-23(18-7-8-18,19-9-10-19)26-22(25)15-6-17-4-2-1-3-5-17/h1-6,11-15,18-19,22H,7-10,16H2/b15-6+/t22-/m0/s1. The van der Waals surface area contributed by atoms with E-state index in [2.05, 4.69) is 99.3 Å². The first-order chi connectivity index (χ1) is 12.7. The Balaban J connectivity index is 1.47. The fraction of sp³-hybridized carbons (Fsp3) is 0.391. The second-order valence-electron chi connectivity index (χ2n) is 7.89. The SMILES string of the molecule is Brc1ccc(N2CC(C3CC3)(C3CC3)S[C@H]2/C=C/c2ccccc2)cc1. The molecule has 26 heavy (non-hydrogen) atoms. The van der Waals surface area contributed by atoms with Crippen molar-refractivity contribution in [2.75, 3.05) is 11.4 Å². The molecular weight excluding hydrogens is 402 g/mol. The summed E-state index contributed by atoms with van der Waals surface area (Å²) in [5.41, 5.74) is 2.64. The molecule has 0 N–H and O–H groups in total. The van der Waals surface area contributed by atoms with Crippen LogP contribution in [0.15, 0.2) is 65.1 Å². The zero-order valence-corrected chi connectivity index (χ0v) is 17.3. The molecule has 2 saturated carbocycles. The number of hydrogen-bond donors (Lipinski definition) is 0. The van der Waals surface area contributed by atoms with Crippen molar-refractivity contribution in [2.45, 2.75) is 35.8 Å². The zero-order chi connectivity index (χ0) is 17.6. The van der Waals surface area contributed by atoms with Crippen LogP contribution in [0.3, 0.4) is 0 Å². The Hall–Kier alpha value is -1.19. The third-order valence-corrected chi connectivity index (χ3v) is 8.43. The lowest BCUT2D eigenvalue weighted by atomic mass is 9.95. The van der Waals surface area contributed by atoms with Crippen LogP contribution in [0.25, 0.3) is 6.08 Å². The molecule has 0 bridgehead atoms. The molecule has 2 aliphatic carbocycles. The van der Waals surface area contributed by atoms with Crippen LogP contribution < -0.4 is 4.90 Å². The number of rotatable bonds is 5. The molecule has 1 aliphatic heterocycles. The molecule has 1 atom stereocenters. The van der Waals surface area contributed by atoms with Crippen LogP contribution >= 0.6 is 27.7 Å². The van der Waals surface area contributed by atoms with Crippen molar-refractivity contribution in [3.8, 4) is 0 Å². The van der Waals surface area contributed by atoms with Crippen molar-refractivity contribution >= 4 is 39.5 Å². The molecule has 134 valence electrons. The average molecular weight is 426 g/mol. The van der Waals surface area contributed by atoms with Crippen LogP contribution in [0.4, 0.5) is 5.69 Å². The van der Waals surface area contributed by atoms with Crippen LogP contribution in [-0.4, -0.2) is 16.7 Å². The largest absolute Gasteiger partial charge is 0.355 e. The Morgan fingerprint density at radius 2 is 1.58 bits per heavy atom. The summed E-state index contributed by atoms with van der Waals surface area (Å²) in [6.45, 7) is 1.21. The van der Waals surface area contributed by atoms with Gasteiger partial charge in [-0.2, -0.15) is 0 Å². The monoisotopic (exact) mass is 425 g/mol. The zero-order valence-electron chi connectivity index (χ0n) is 14.9. The van der Waals surface area contributed by atoms with Gasteiger partial charge in [-0.25, -0.2) is 0 Å². The fourth-order valence-electron chi connectivity index (χ4n) is 4.38. The van der Waals surface area contributed by atoms with E-state index in [0.717, 1.165) is 16.3 Å². The Bertz CT molecular complexity index is 781. The Morgan fingerprint density at radius 3 is 2.19 bits per heavy atom. The van der Waals surface area contributed by atoms with Crippen LogP contribution in [0.1, 0.15) is 31.2 Å². The van der Waals surface area contributed by atoms with Crippen LogP contribution in [0.5, 0.6) is 0 Å². The predicted octanol–water partition coefficient (Wildman–Crippen LogP) is 6.60. The molecule has 1 heterocycles. The summed E-state index contributed by atoms with van der Waals surface area (Å²) in [6.07, 6.45) is 10.5. The molecule has 3 aliphatic rings. The number of nitrogens with zero attached hydrogens (tertiary/aromatic N) is 1. The van der Waals surface area contributed by atoms with Gasteiger partial charge in [0, 0.05) is 21.5 Å². The summed E-state index contributed by atoms with van der Waals surface area (Å²) >= 11 is 5.83. The maximum Gasteiger partial charge on any atom is 0.0945 e. The van der Waals surface area contributed by atoms with Gasteiger partial charge < -0.3 is 4.90 Å². The van der Waals surface area contributed by atoms with E-state index in [4.69, 9.17) is 0 Å². The summed E-state index contributed by atoms with van der Waals surface area (Å²) in [5.74, 6) is 1.88. The lowest BCUT2D eigenvalue weighted by Crippen LogP contribution is -2.36. The maximum absolute atomic E-state index is 3.58. The van der Waals surface area contributed by atoms with Crippen molar-refractivity contribution in [1.82, 2.24) is 0 Å². The smallest absolute Gasteiger partial charge is 0.0945 e. The van der Waals surface area contributed by atoms with E-state index in [0.29, 0.717) is 10.1 Å². The fourth-order valence-corrected chi connectivity index (χ4v) is 6.65. The highest BCUT2D eigenvalue weighted by Crippen LogP contribution is 2.63. The van der Waals surface area contributed by atoms with Crippen LogP contribution in [0, 0.1) is 11.8 Å². The third kappa shape index (κ3) is 3.25. The van der Waals surface area contributed by atoms with Gasteiger partial charge in [0.2, 0.25) is 0 Å². The topological polar surface area (TPSA) is 3.24 Å². The molecule has 3 fully saturated rings. The quantitative estimate of drug-likeness (QED) is 0.530. The van der Waals surface area contributed by atoms with E-state index in [9.17, 15) is 0 Å². The summed E-state index contributed by atoms with van der Waals surface area (Å²) < 4.78 is 1.64. The molecule has 1 nitrogen and oxygen atoms in total. The molecule has 1 saturated heterocycles. The van der Waals surface area contributed by atoms with Gasteiger partial charge in [0.15, 0.2) is 0 Å². The van der Waals surface area contributed by atoms with Gasteiger partial charge in [-0.3, -0.25) is 0 Å². The number of hydrogen-bond acceptors (Lipinski definition) is 2. The molecule has 2 aromatic carbocycles. The minimum atomic E-state index is 0.428. The van der Waals surface area contributed by atoms with Crippen molar-refractivity contribution in [3.63, 3.8) is 0 Å². The molecule has 0 radical (unpaired) electrons. The van der Waals surface area contributed by atoms with Crippen molar-refractivity contribution < 1.29 is 0 Å². The van der Waals surface area contributed by atoms with E-state index >= 15 is 0 Å². The average Bonchev–Trinajstić information content (AvgIpc) is 3.59. The predicted molar refractivity (Wildman–Crippen MR) is 117 cm³/mol. The Kier molecular flexibility index (Phi) is 4.41. The highest BCUT2D eigenvalue weighted by atomic mass is 79.9. The van der Waals surface area contributed by atoms with E-state index < -0.39 is 0 Å². The lowest BCUT2D eigenvalue weighted by Gasteiger charge is -2.28. The van der Waals surface area contributed by atoms with Crippen molar-refractivity contribution in [1.29, 1.82) is 0 Å². The molecule has 5 rings (SSSR count). The molecule has 0 aromatic heterocycles. The number of halogens is 1. The minimum absolute atomic E-state index is 0.428. The number of thioether (sulfide) groups is 1. The van der Waals surface area contributed by atoms with E-state index in [1.807, 2.05) is 0 Å². The first-order valence-corrected chi connectivity index (χ1v) is 11.4. The summed E-state index contributed by atoms with van der Waals surface area (Å²) in [5, 5.41) is 0.428. The Morgan fingerprint density at radius 1 is 0.923 bits per heavy atom. The van der Waals surface area contributed by atoms with Gasteiger partial charge in [0.05, 0.1) is 5.37 Å². The minimum Gasteiger partial charge on any atom is -0.355 e. The third-order valence-electron chi connectivity index (χ3n) is 6.01. The molecule has 3 heteroatoms. The molecule has 0 spiro atoms. The highest BCUT2D eigenvalue weighted by molar-refractivity contribution is 9.10. The van der Waals surface area contributed by atoms with Crippen LogP contribution in [-0.2, 0) is 0 Å². The van der Waals surface area contributed by atoms with E-state index in [1.165, 1.54) is 43.5 Å². The maximum atomic E-state index is 3.58. The first-order valence-electron chi connectivity index (χ1n) is 9.68. The Labute approximate surface area is 169 Å². The van der Waals surface area contributed by atoms with E-state index in [1.54, 1.807) is 0 Å². The van der Waals surface area contributed by atoms with E-state index in [-0.39, 0.29) is 0 Å². The van der Waals surface area contributed by atoms with Gasteiger partial charge in [-0.05, 0) is 67.3 Å². The van der Waals surface area contributed by atoms with Crippen molar-refractivity contribution in [3.05, 3.63) is 70.7 Å². The summed E-state index contributed by atoms with van der Waals surface area (Å²) in [4.78, 5) is 2.65. The van der Waals surface area contributed by atoms with Crippen LogP contribution in [0.2, 0.25) is 0 Å². The molecular formula is C23H24BrNS.